The molecule has 0 spiro atoms. The number of hydrogen-bond donors (Lipinski definition) is 1. The molecule has 128 valence electrons. The summed E-state index contributed by atoms with van der Waals surface area (Å²) in [6.45, 7) is 3.69. The van der Waals surface area contributed by atoms with Crippen LogP contribution in [0.5, 0.6) is 0 Å². The van der Waals surface area contributed by atoms with E-state index in [4.69, 9.17) is 16.3 Å². The van der Waals surface area contributed by atoms with Gasteiger partial charge in [-0.25, -0.2) is 4.79 Å². The van der Waals surface area contributed by atoms with Gasteiger partial charge >= 0.3 is 6.09 Å². The number of fused-ring (bicyclic) bond motifs is 2. The lowest BCUT2D eigenvalue weighted by Crippen LogP contribution is -2.53. The standard InChI is InChI=1S/C19H22ClNO3/c1-13(2)24-18(22)21-16-6-7-17(21)12-19(23,11-16)9-8-14-4-3-5-15(20)10-14/h3-5,10,13,16-17,23H,6-7,11-12H2,1-2H3. The van der Waals surface area contributed by atoms with Crippen LogP contribution in [0.3, 0.4) is 0 Å². The molecule has 1 aromatic carbocycles. The Hall–Kier alpha value is -1.70. The highest BCUT2D eigenvalue weighted by Crippen LogP contribution is 2.41. The number of carbonyl (C=O) groups is 1. The van der Waals surface area contributed by atoms with Crippen LogP contribution in [0.4, 0.5) is 4.79 Å². The summed E-state index contributed by atoms with van der Waals surface area (Å²) in [5.41, 5.74) is -0.284. The van der Waals surface area contributed by atoms with E-state index in [0.29, 0.717) is 17.9 Å². The molecule has 2 aliphatic heterocycles. The second kappa shape index (κ2) is 6.66. The molecule has 0 radical (unpaired) electrons. The molecule has 2 unspecified atom stereocenters. The average molecular weight is 348 g/mol. The van der Waals surface area contributed by atoms with Crippen molar-refractivity contribution in [3.8, 4) is 11.8 Å². The highest BCUT2D eigenvalue weighted by Gasteiger charge is 2.49. The van der Waals surface area contributed by atoms with E-state index in [1.54, 1.807) is 17.0 Å². The van der Waals surface area contributed by atoms with Crippen molar-refractivity contribution < 1.29 is 14.6 Å². The van der Waals surface area contributed by atoms with Crippen LogP contribution in [0.1, 0.15) is 45.1 Å². The molecule has 0 aromatic heterocycles. The highest BCUT2D eigenvalue weighted by atomic mass is 35.5. The molecule has 2 bridgehead atoms. The largest absolute Gasteiger partial charge is 0.447 e. The van der Waals surface area contributed by atoms with Gasteiger partial charge in [0, 0.05) is 35.5 Å². The molecule has 0 aliphatic carbocycles. The second-order valence-corrected chi connectivity index (χ2v) is 7.36. The van der Waals surface area contributed by atoms with Gasteiger partial charge in [0.25, 0.3) is 0 Å². The number of halogens is 1. The molecule has 4 nitrogen and oxygen atoms in total. The summed E-state index contributed by atoms with van der Waals surface area (Å²) in [6.07, 6.45) is 2.29. The zero-order valence-electron chi connectivity index (χ0n) is 14.0. The Balaban J connectivity index is 1.74. The van der Waals surface area contributed by atoms with Crippen molar-refractivity contribution in [2.45, 2.75) is 63.3 Å². The van der Waals surface area contributed by atoms with Gasteiger partial charge in [0.2, 0.25) is 0 Å². The van der Waals surface area contributed by atoms with E-state index in [1.165, 1.54) is 0 Å². The van der Waals surface area contributed by atoms with Crippen LogP contribution in [0.15, 0.2) is 24.3 Å². The fourth-order valence-corrected chi connectivity index (χ4v) is 3.83. The number of rotatable bonds is 1. The smallest absolute Gasteiger partial charge is 0.410 e. The Kier molecular flexibility index (Phi) is 4.76. The van der Waals surface area contributed by atoms with Gasteiger partial charge in [-0.15, -0.1) is 0 Å². The predicted molar refractivity (Wildman–Crippen MR) is 92.8 cm³/mol. The van der Waals surface area contributed by atoms with Crippen molar-refractivity contribution in [1.82, 2.24) is 4.90 Å². The number of aliphatic hydroxyl groups is 1. The Bertz CT molecular complexity index is 677. The van der Waals surface area contributed by atoms with Crippen LogP contribution in [0.2, 0.25) is 5.02 Å². The SMILES string of the molecule is CC(C)OC(=O)N1C2CCC1CC(O)(C#Cc1cccc(Cl)c1)C2. The van der Waals surface area contributed by atoms with Gasteiger partial charge in [0.05, 0.1) is 6.10 Å². The fraction of sp³-hybridized carbons (Fsp3) is 0.526. The zero-order valence-corrected chi connectivity index (χ0v) is 14.7. The monoisotopic (exact) mass is 347 g/mol. The van der Waals surface area contributed by atoms with Crippen molar-refractivity contribution in [2.75, 3.05) is 0 Å². The number of piperidine rings is 1. The number of nitrogens with zero attached hydrogens (tertiary/aromatic N) is 1. The molecule has 2 saturated heterocycles. The summed E-state index contributed by atoms with van der Waals surface area (Å²) in [6, 6.07) is 7.26. The first-order chi connectivity index (χ1) is 11.4. The second-order valence-electron chi connectivity index (χ2n) is 6.92. The molecule has 2 atom stereocenters. The molecular weight excluding hydrogens is 326 g/mol. The Morgan fingerprint density at radius 3 is 2.62 bits per heavy atom. The van der Waals surface area contributed by atoms with E-state index in [0.717, 1.165) is 18.4 Å². The number of benzene rings is 1. The predicted octanol–water partition coefficient (Wildman–Crippen LogP) is 3.59. The van der Waals surface area contributed by atoms with Gasteiger partial charge in [0.15, 0.2) is 0 Å². The van der Waals surface area contributed by atoms with Crippen molar-refractivity contribution in [2.24, 2.45) is 0 Å². The van der Waals surface area contributed by atoms with Gasteiger partial charge in [0.1, 0.15) is 5.60 Å². The van der Waals surface area contributed by atoms with E-state index in [2.05, 4.69) is 11.8 Å². The first-order valence-corrected chi connectivity index (χ1v) is 8.74. The minimum Gasteiger partial charge on any atom is -0.447 e. The Labute approximate surface area is 147 Å². The molecule has 2 aliphatic rings. The lowest BCUT2D eigenvalue weighted by atomic mass is 9.86. The molecule has 1 aromatic rings. The van der Waals surface area contributed by atoms with E-state index in [-0.39, 0.29) is 24.3 Å². The summed E-state index contributed by atoms with van der Waals surface area (Å²) in [5.74, 6) is 6.03. The fourth-order valence-electron chi connectivity index (χ4n) is 3.64. The van der Waals surface area contributed by atoms with Gasteiger partial charge in [-0.05, 0) is 44.9 Å². The minimum atomic E-state index is -1.07. The third-order valence-corrected chi connectivity index (χ3v) is 4.81. The van der Waals surface area contributed by atoms with E-state index in [9.17, 15) is 9.90 Å². The van der Waals surface area contributed by atoms with Crippen molar-refractivity contribution in [1.29, 1.82) is 0 Å². The van der Waals surface area contributed by atoms with Crippen molar-refractivity contribution >= 4 is 17.7 Å². The molecule has 1 N–H and O–H groups in total. The minimum absolute atomic E-state index is 0.00587. The molecule has 2 fully saturated rings. The van der Waals surface area contributed by atoms with Gasteiger partial charge in [-0.3, -0.25) is 0 Å². The zero-order chi connectivity index (χ0) is 17.3. The van der Waals surface area contributed by atoms with Crippen molar-refractivity contribution in [3.63, 3.8) is 0 Å². The third-order valence-electron chi connectivity index (χ3n) is 4.58. The maximum Gasteiger partial charge on any atom is 0.410 e. The van der Waals surface area contributed by atoms with Crippen LogP contribution in [0, 0.1) is 11.8 Å². The molecular formula is C19H22ClNO3. The molecule has 2 heterocycles. The first-order valence-electron chi connectivity index (χ1n) is 8.36. The molecule has 24 heavy (non-hydrogen) atoms. The van der Waals surface area contributed by atoms with Gasteiger partial charge in [-0.1, -0.05) is 29.5 Å². The van der Waals surface area contributed by atoms with E-state index >= 15 is 0 Å². The van der Waals surface area contributed by atoms with Crippen LogP contribution in [-0.2, 0) is 4.74 Å². The maximum atomic E-state index is 12.3. The van der Waals surface area contributed by atoms with Crippen LogP contribution in [0.25, 0.3) is 0 Å². The van der Waals surface area contributed by atoms with E-state index in [1.807, 2.05) is 26.0 Å². The third kappa shape index (κ3) is 3.68. The Morgan fingerprint density at radius 2 is 2.04 bits per heavy atom. The summed E-state index contributed by atoms with van der Waals surface area (Å²) in [4.78, 5) is 14.1. The lowest BCUT2D eigenvalue weighted by molar-refractivity contribution is -0.0161. The summed E-state index contributed by atoms with van der Waals surface area (Å²) < 4.78 is 5.34. The number of amides is 1. The van der Waals surface area contributed by atoms with Crippen LogP contribution in [-0.4, -0.2) is 39.9 Å². The molecule has 1 amide bonds. The highest BCUT2D eigenvalue weighted by molar-refractivity contribution is 6.30. The molecule has 0 saturated carbocycles. The summed E-state index contributed by atoms with van der Waals surface area (Å²) >= 11 is 5.96. The molecule has 3 rings (SSSR count). The van der Waals surface area contributed by atoms with Crippen LogP contribution >= 0.6 is 11.6 Å². The molecule has 5 heteroatoms. The summed E-state index contributed by atoms with van der Waals surface area (Å²) in [5, 5.41) is 11.5. The maximum absolute atomic E-state index is 12.3. The summed E-state index contributed by atoms with van der Waals surface area (Å²) in [7, 11) is 0. The average Bonchev–Trinajstić information content (AvgIpc) is 2.78. The lowest BCUT2D eigenvalue weighted by Gasteiger charge is -2.40. The van der Waals surface area contributed by atoms with E-state index < -0.39 is 5.60 Å². The van der Waals surface area contributed by atoms with Crippen molar-refractivity contribution in [3.05, 3.63) is 34.9 Å². The van der Waals surface area contributed by atoms with Crippen LogP contribution < -0.4 is 0 Å². The Morgan fingerprint density at radius 1 is 1.38 bits per heavy atom. The number of ether oxygens (including phenoxy) is 1. The first kappa shape index (κ1) is 17.1. The normalized spacial score (nSPS) is 28.5. The quantitative estimate of drug-likeness (QED) is 0.790. The van der Waals surface area contributed by atoms with Gasteiger partial charge < -0.3 is 14.7 Å². The number of carbonyl (C=O) groups excluding carboxylic acids is 1. The van der Waals surface area contributed by atoms with Gasteiger partial charge in [-0.2, -0.15) is 0 Å². The number of hydrogen-bond acceptors (Lipinski definition) is 3. The topological polar surface area (TPSA) is 49.8 Å².